The quantitative estimate of drug-likeness (QED) is 0.775. The van der Waals surface area contributed by atoms with Crippen molar-refractivity contribution in [3.05, 3.63) is 24.4 Å². The van der Waals surface area contributed by atoms with Crippen molar-refractivity contribution in [2.45, 2.75) is 38.6 Å². The Morgan fingerprint density at radius 2 is 2.14 bits per heavy atom. The van der Waals surface area contributed by atoms with Crippen molar-refractivity contribution in [1.29, 1.82) is 0 Å². The first-order chi connectivity index (χ1) is 6.86. The van der Waals surface area contributed by atoms with Gasteiger partial charge in [-0.2, -0.15) is 0 Å². The van der Waals surface area contributed by atoms with Crippen LogP contribution in [0.25, 0.3) is 0 Å². The van der Waals surface area contributed by atoms with Crippen molar-refractivity contribution >= 4 is 5.82 Å². The third-order valence-corrected chi connectivity index (χ3v) is 3.11. The van der Waals surface area contributed by atoms with Crippen LogP contribution in [0.5, 0.6) is 0 Å². The van der Waals surface area contributed by atoms with Crippen molar-refractivity contribution in [1.82, 2.24) is 4.98 Å². The number of rotatable bonds is 2. The van der Waals surface area contributed by atoms with E-state index in [1.54, 1.807) is 0 Å². The Kier molecular flexibility index (Phi) is 3.02. The van der Waals surface area contributed by atoms with Gasteiger partial charge in [0, 0.05) is 12.2 Å². The molecule has 0 unspecified atom stereocenters. The molecule has 1 aromatic rings. The van der Waals surface area contributed by atoms with E-state index in [-0.39, 0.29) is 0 Å². The molecular formula is C12H18N2. The molecule has 1 fully saturated rings. The zero-order valence-corrected chi connectivity index (χ0v) is 8.74. The second-order valence-electron chi connectivity index (χ2n) is 4.23. The van der Waals surface area contributed by atoms with E-state index in [4.69, 9.17) is 0 Å². The maximum atomic E-state index is 4.30. The third-order valence-electron chi connectivity index (χ3n) is 3.11. The van der Waals surface area contributed by atoms with Gasteiger partial charge in [-0.3, -0.25) is 0 Å². The summed E-state index contributed by atoms with van der Waals surface area (Å²) in [5.74, 6) is 1.80. The van der Waals surface area contributed by atoms with Gasteiger partial charge in [-0.25, -0.2) is 4.98 Å². The van der Waals surface area contributed by atoms with Crippen LogP contribution in [0.3, 0.4) is 0 Å². The van der Waals surface area contributed by atoms with Gasteiger partial charge in [0.15, 0.2) is 0 Å². The molecule has 0 amide bonds. The molecule has 0 bridgehead atoms. The van der Waals surface area contributed by atoms with Gasteiger partial charge in [-0.05, 0) is 30.9 Å². The number of hydrogen-bond donors (Lipinski definition) is 1. The van der Waals surface area contributed by atoms with Crippen molar-refractivity contribution in [3.8, 4) is 0 Å². The number of nitrogens with one attached hydrogen (secondary N) is 1. The standard InChI is InChI=1S/C12H18N2/c1-10-6-2-3-7-11(10)14-12-8-4-5-9-13-12/h4-5,8-11H,2-3,6-7H2,1H3,(H,13,14)/t10-,11-/m0/s1. The fourth-order valence-electron chi connectivity index (χ4n) is 2.17. The molecule has 0 spiro atoms. The summed E-state index contributed by atoms with van der Waals surface area (Å²) in [7, 11) is 0. The van der Waals surface area contributed by atoms with Gasteiger partial charge < -0.3 is 5.32 Å². The van der Waals surface area contributed by atoms with Gasteiger partial charge in [0.1, 0.15) is 5.82 Å². The first kappa shape index (κ1) is 9.50. The van der Waals surface area contributed by atoms with Gasteiger partial charge in [-0.15, -0.1) is 0 Å². The second kappa shape index (κ2) is 4.45. The minimum Gasteiger partial charge on any atom is -0.367 e. The summed E-state index contributed by atoms with van der Waals surface area (Å²) in [6.07, 6.45) is 7.23. The number of pyridine rings is 1. The molecule has 2 heteroatoms. The molecule has 1 heterocycles. The van der Waals surface area contributed by atoms with Gasteiger partial charge in [-0.1, -0.05) is 25.8 Å². The van der Waals surface area contributed by atoms with Crippen LogP contribution in [0.2, 0.25) is 0 Å². The molecule has 0 aliphatic heterocycles. The average Bonchev–Trinajstić information content (AvgIpc) is 2.23. The van der Waals surface area contributed by atoms with Crippen LogP contribution in [0.4, 0.5) is 5.82 Å². The summed E-state index contributed by atoms with van der Waals surface area (Å²) in [5.41, 5.74) is 0. The van der Waals surface area contributed by atoms with Gasteiger partial charge >= 0.3 is 0 Å². The van der Waals surface area contributed by atoms with Crippen molar-refractivity contribution in [2.75, 3.05) is 5.32 Å². The minimum absolute atomic E-state index is 0.624. The lowest BCUT2D eigenvalue weighted by molar-refractivity contribution is 0.349. The highest BCUT2D eigenvalue weighted by molar-refractivity contribution is 5.34. The van der Waals surface area contributed by atoms with E-state index in [2.05, 4.69) is 17.2 Å². The highest BCUT2D eigenvalue weighted by atomic mass is 15.0. The highest BCUT2D eigenvalue weighted by Gasteiger charge is 2.20. The Morgan fingerprint density at radius 1 is 1.29 bits per heavy atom. The van der Waals surface area contributed by atoms with Crippen molar-refractivity contribution < 1.29 is 0 Å². The SMILES string of the molecule is C[C@H]1CCCC[C@@H]1Nc1ccccn1. The fourth-order valence-corrected chi connectivity index (χ4v) is 2.17. The topological polar surface area (TPSA) is 24.9 Å². The monoisotopic (exact) mass is 190 g/mol. The van der Waals surface area contributed by atoms with E-state index in [0.717, 1.165) is 11.7 Å². The third kappa shape index (κ3) is 2.25. The number of aromatic nitrogens is 1. The van der Waals surface area contributed by atoms with Gasteiger partial charge in [0.2, 0.25) is 0 Å². The zero-order chi connectivity index (χ0) is 9.80. The first-order valence-corrected chi connectivity index (χ1v) is 5.54. The molecule has 0 saturated heterocycles. The van der Waals surface area contributed by atoms with E-state index in [0.29, 0.717) is 6.04 Å². The summed E-state index contributed by atoms with van der Waals surface area (Å²) < 4.78 is 0. The zero-order valence-electron chi connectivity index (χ0n) is 8.74. The summed E-state index contributed by atoms with van der Waals surface area (Å²) in [6.45, 7) is 2.33. The predicted octanol–water partition coefficient (Wildman–Crippen LogP) is 3.07. The Balaban J connectivity index is 1.96. The average molecular weight is 190 g/mol. The maximum Gasteiger partial charge on any atom is 0.126 e. The summed E-state index contributed by atoms with van der Waals surface area (Å²) in [5, 5.41) is 3.52. The van der Waals surface area contributed by atoms with Crippen LogP contribution in [0.1, 0.15) is 32.6 Å². The smallest absolute Gasteiger partial charge is 0.126 e. The lowest BCUT2D eigenvalue weighted by atomic mass is 9.86. The minimum atomic E-state index is 0.624. The molecule has 1 saturated carbocycles. The largest absolute Gasteiger partial charge is 0.367 e. The van der Waals surface area contributed by atoms with E-state index in [1.807, 2.05) is 24.4 Å². The fraction of sp³-hybridized carbons (Fsp3) is 0.583. The van der Waals surface area contributed by atoms with Crippen LogP contribution < -0.4 is 5.32 Å². The van der Waals surface area contributed by atoms with Crippen LogP contribution in [-0.2, 0) is 0 Å². The van der Waals surface area contributed by atoms with Crippen LogP contribution in [0.15, 0.2) is 24.4 Å². The maximum absolute atomic E-state index is 4.30. The molecule has 14 heavy (non-hydrogen) atoms. The highest BCUT2D eigenvalue weighted by Crippen LogP contribution is 2.25. The molecule has 1 aromatic heterocycles. The Labute approximate surface area is 85.7 Å². The van der Waals surface area contributed by atoms with Crippen molar-refractivity contribution in [2.24, 2.45) is 5.92 Å². The lowest BCUT2D eigenvalue weighted by Gasteiger charge is -2.29. The van der Waals surface area contributed by atoms with Gasteiger partial charge in [0.25, 0.3) is 0 Å². The Morgan fingerprint density at radius 3 is 2.86 bits per heavy atom. The van der Waals surface area contributed by atoms with Crippen LogP contribution >= 0.6 is 0 Å². The molecule has 0 aromatic carbocycles. The molecule has 76 valence electrons. The molecule has 1 aliphatic rings. The summed E-state index contributed by atoms with van der Waals surface area (Å²) >= 11 is 0. The lowest BCUT2D eigenvalue weighted by Crippen LogP contribution is -2.30. The molecule has 2 nitrogen and oxygen atoms in total. The molecule has 2 rings (SSSR count). The second-order valence-corrected chi connectivity index (χ2v) is 4.23. The van der Waals surface area contributed by atoms with E-state index >= 15 is 0 Å². The molecule has 0 radical (unpaired) electrons. The van der Waals surface area contributed by atoms with Crippen LogP contribution in [-0.4, -0.2) is 11.0 Å². The Hall–Kier alpha value is -1.05. The number of hydrogen-bond acceptors (Lipinski definition) is 2. The summed E-state index contributed by atoms with van der Waals surface area (Å²) in [4.78, 5) is 4.30. The first-order valence-electron chi connectivity index (χ1n) is 5.54. The van der Waals surface area contributed by atoms with Crippen LogP contribution in [0, 0.1) is 5.92 Å². The van der Waals surface area contributed by atoms with Crippen molar-refractivity contribution in [3.63, 3.8) is 0 Å². The molecule has 1 aliphatic carbocycles. The van der Waals surface area contributed by atoms with Gasteiger partial charge in [0.05, 0.1) is 0 Å². The van der Waals surface area contributed by atoms with E-state index in [1.165, 1.54) is 25.7 Å². The number of nitrogens with zero attached hydrogens (tertiary/aromatic N) is 1. The normalized spacial score (nSPS) is 27.2. The molecular weight excluding hydrogens is 172 g/mol. The van der Waals surface area contributed by atoms with E-state index in [9.17, 15) is 0 Å². The number of anilines is 1. The molecule has 2 atom stereocenters. The Bertz CT molecular complexity index is 271. The predicted molar refractivity (Wildman–Crippen MR) is 59.3 cm³/mol. The van der Waals surface area contributed by atoms with E-state index < -0.39 is 0 Å². The molecule has 1 N–H and O–H groups in total. The summed E-state index contributed by atoms with van der Waals surface area (Å²) in [6, 6.07) is 6.65.